The van der Waals surface area contributed by atoms with Gasteiger partial charge in [-0.05, 0) is 6.92 Å². The van der Waals surface area contributed by atoms with Crippen molar-refractivity contribution in [3.63, 3.8) is 0 Å². The van der Waals surface area contributed by atoms with Crippen LogP contribution < -0.4 is 15.3 Å². The van der Waals surface area contributed by atoms with Crippen LogP contribution in [0.5, 0.6) is 0 Å². The predicted molar refractivity (Wildman–Crippen MR) is 63.1 cm³/mol. The molecule has 0 spiro atoms. The summed E-state index contributed by atoms with van der Waals surface area (Å²) in [5.41, 5.74) is 5.56. The first-order valence-corrected chi connectivity index (χ1v) is 6.82. The molecule has 0 aliphatic heterocycles. The first-order chi connectivity index (χ1) is 7.47. The topological polar surface area (TPSA) is 105 Å². The lowest BCUT2D eigenvalue weighted by Gasteiger charge is -2.01. The van der Waals surface area contributed by atoms with E-state index in [4.69, 9.17) is 5.73 Å². The predicted octanol–water partition coefficient (Wildman–Crippen LogP) is -0.462. The largest absolute Gasteiger partial charge is 0.327 e. The average Bonchev–Trinajstić information content (AvgIpc) is 2.53. The van der Waals surface area contributed by atoms with Crippen molar-refractivity contribution in [1.82, 2.24) is 9.71 Å². The molecule has 0 radical (unpaired) electrons. The molecule has 4 N–H and O–H groups in total. The van der Waals surface area contributed by atoms with Gasteiger partial charge in [-0.1, -0.05) is 23.5 Å². The molecule has 0 aliphatic carbocycles. The van der Waals surface area contributed by atoms with E-state index in [0.717, 1.165) is 0 Å². The van der Waals surface area contributed by atoms with Crippen molar-refractivity contribution in [3.8, 4) is 0 Å². The lowest BCUT2D eigenvalue weighted by atomic mass is 10.5. The molecule has 1 rings (SSSR count). The van der Waals surface area contributed by atoms with Crippen LogP contribution in [-0.2, 0) is 10.0 Å². The fourth-order valence-corrected chi connectivity index (χ4v) is 3.37. The fraction of sp³-hybridized carbons (Fsp3) is 0.375. The number of nitrogens with two attached hydrogens (primary N) is 1. The van der Waals surface area contributed by atoms with Crippen LogP contribution in [0.1, 0.15) is 5.69 Å². The van der Waals surface area contributed by atoms with E-state index in [1.165, 1.54) is 0 Å². The Kier molecular flexibility index (Phi) is 4.42. The van der Waals surface area contributed by atoms with Crippen LogP contribution in [0.2, 0.25) is 0 Å². The minimum Gasteiger partial charge on any atom is -0.327 e. The molecule has 0 aliphatic rings. The number of rotatable bonds is 5. The number of aryl methyl sites for hydroxylation is 1. The van der Waals surface area contributed by atoms with Crippen molar-refractivity contribution in [3.05, 3.63) is 27.5 Å². The second kappa shape index (κ2) is 5.39. The molecule has 1 aromatic rings. The molecule has 0 fully saturated rings. The van der Waals surface area contributed by atoms with Gasteiger partial charge in [0.15, 0.2) is 4.21 Å². The summed E-state index contributed by atoms with van der Waals surface area (Å²) in [7, 11) is -3.61. The molecule has 6 nitrogen and oxygen atoms in total. The van der Waals surface area contributed by atoms with E-state index in [-0.39, 0.29) is 15.6 Å². The summed E-state index contributed by atoms with van der Waals surface area (Å²) in [4.78, 5) is 13.0. The van der Waals surface area contributed by atoms with Crippen molar-refractivity contribution in [2.75, 3.05) is 13.1 Å². The van der Waals surface area contributed by atoms with Crippen LogP contribution >= 0.6 is 11.3 Å². The summed E-state index contributed by atoms with van der Waals surface area (Å²) in [6, 6.07) is 0. The van der Waals surface area contributed by atoms with E-state index in [2.05, 4.69) is 9.71 Å². The first-order valence-electron chi connectivity index (χ1n) is 4.52. The van der Waals surface area contributed by atoms with Crippen LogP contribution in [0.4, 0.5) is 0 Å². The summed E-state index contributed by atoms with van der Waals surface area (Å²) in [6.07, 6.45) is 3.26. The molecule has 90 valence electrons. The normalized spacial score (nSPS) is 12.4. The second-order valence-corrected chi connectivity index (χ2v) is 5.93. The smallest absolute Gasteiger partial charge is 0.305 e. The van der Waals surface area contributed by atoms with Gasteiger partial charge >= 0.3 is 4.87 Å². The van der Waals surface area contributed by atoms with Gasteiger partial charge in [-0.2, -0.15) is 0 Å². The van der Waals surface area contributed by atoms with E-state index >= 15 is 0 Å². The SMILES string of the molecule is Cc1[nH]c(=O)sc1S(=O)(=O)NC/C=C/CN. The Balaban J connectivity index is 2.82. The van der Waals surface area contributed by atoms with Gasteiger partial charge in [-0.15, -0.1) is 0 Å². The van der Waals surface area contributed by atoms with E-state index < -0.39 is 10.0 Å². The molecule has 8 heteroatoms. The monoisotopic (exact) mass is 263 g/mol. The van der Waals surface area contributed by atoms with Gasteiger partial charge in [0.05, 0.1) is 0 Å². The van der Waals surface area contributed by atoms with E-state index in [1.807, 2.05) is 0 Å². The lowest BCUT2D eigenvalue weighted by Crippen LogP contribution is -2.23. The zero-order chi connectivity index (χ0) is 12.2. The Labute approximate surface area is 97.2 Å². The summed E-state index contributed by atoms with van der Waals surface area (Å²) >= 11 is 0.675. The number of hydrogen-bond acceptors (Lipinski definition) is 5. The Morgan fingerprint density at radius 3 is 2.69 bits per heavy atom. The average molecular weight is 263 g/mol. The molecule has 0 bridgehead atoms. The summed E-state index contributed by atoms with van der Waals surface area (Å²) in [5, 5.41) is 0. The number of hydrogen-bond donors (Lipinski definition) is 3. The Morgan fingerprint density at radius 1 is 1.50 bits per heavy atom. The van der Waals surface area contributed by atoms with Crippen LogP contribution in [0.3, 0.4) is 0 Å². The Bertz CT molecular complexity index is 527. The minimum absolute atomic E-state index is 0.0265. The Hall–Kier alpha value is -0.960. The van der Waals surface area contributed by atoms with Gasteiger partial charge in [-0.25, -0.2) is 13.1 Å². The van der Waals surface area contributed by atoms with Gasteiger partial charge in [0, 0.05) is 18.8 Å². The highest BCUT2D eigenvalue weighted by Crippen LogP contribution is 2.14. The van der Waals surface area contributed by atoms with Crippen molar-refractivity contribution in [2.45, 2.75) is 11.1 Å². The molecule has 0 saturated heterocycles. The maximum absolute atomic E-state index is 11.7. The highest BCUT2D eigenvalue weighted by Gasteiger charge is 2.19. The zero-order valence-electron chi connectivity index (χ0n) is 8.69. The number of aromatic nitrogens is 1. The lowest BCUT2D eigenvalue weighted by molar-refractivity contribution is 0.587. The fourth-order valence-electron chi connectivity index (χ4n) is 1.05. The molecule has 0 amide bonds. The quantitative estimate of drug-likeness (QED) is 0.625. The van der Waals surface area contributed by atoms with Gasteiger partial charge in [0.25, 0.3) is 10.0 Å². The van der Waals surface area contributed by atoms with Crippen molar-refractivity contribution in [2.24, 2.45) is 5.73 Å². The van der Waals surface area contributed by atoms with E-state index in [0.29, 0.717) is 23.6 Å². The number of thiazole rings is 1. The maximum atomic E-state index is 11.7. The van der Waals surface area contributed by atoms with Crippen molar-refractivity contribution >= 4 is 21.4 Å². The highest BCUT2D eigenvalue weighted by molar-refractivity contribution is 7.91. The highest BCUT2D eigenvalue weighted by atomic mass is 32.2. The third kappa shape index (κ3) is 3.27. The summed E-state index contributed by atoms with van der Waals surface area (Å²) in [6.45, 7) is 2.06. The molecule has 0 unspecified atom stereocenters. The van der Waals surface area contributed by atoms with E-state index in [9.17, 15) is 13.2 Å². The Morgan fingerprint density at radius 2 is 2.19 bits per heavy atom. The molecule has 1 aromatic heterocycles. The summed E-state index contributed by atoms with van der Waals surface area (Å²) < 4.78 is 25.8. The van der Waals surface area contributed by atoms with Crippen LogP contribution in [0, 0.1) is 6.92 Å². The molecule has 0 saturated carbocycles. The molecule has 16 heavy (non-hydrogen) atoms. The standard InChI is InChI=1S/C8H13N3O3S2/c1-6-7(15-8(12)11-6)16(13,14)10-5-3-2-4-9/h2-3,10H,4-5,9H2,1H3,(H,11,12)/b3-2+. The van der Waals surface area contributed by atoms with Crippen LogP contribution in [-0.4, -0.2) is 26.5 Å². The number of sulfonamides is 1. The molecular formula is C8H13N3O3S2. The maximum Gasteiger partial charge on any atom is 0.305 e. The number of aromatic amines is 1. The van der Waals surface area contributed by atoms with E-state index in [1.54, 1.807) is 19.1 Å². The third-order valence-electron chi connectivity index (χ3n) is 1.72. The van der Waals surface area contributed by atoms with Crippen molar-refractivity contribution < 1.29 is 8.42 Å². The summed E-state index contributed by atoms with van der Waals surface area (Å²) in [5.74, 6) is 0. The third-order valence-corrected chi connectivity index (χ3v) is 4.75. The first kappa shape index (κ1) is 13.1. The van der Waals surface area contributed by atoms with Crippen molar-refractivity contribution in [1.29, 1.82) is 0 Å². The molecular weight excluding hydrogens is 250 g/mol. The van der Waals surface area contributed by atoms with Gasteiger partial charge < -0.3 is 10.7 Å². The molecule has 0 atom stereocenters. The van der Waals surface area contributed by atoms with Crippen LogP contribution in [0.25, 0.3) is 0 Å². The van der Waals surface area contributed by atoms with Crippen LogP contribution in [0.15, 0.2) is 21.2 Å². The van der Waals surface area contributed by atoms with Gasteiger partial charge in [-0.3, -0.25) is 4.79 Å². The van der Waals surface area contributed by atoms with Gasteiger partial charge in [0.2, 0.25) is 0 Å². The molecule has 0 aromatic carbocycles. The van der Waals surface area contributed by atoms with Gasteiger partial charge in [0.1, 0.15) is 0 Å². The number of nitrogens with one attached hydrogen (secondary N) is 2. The number of H-pyrrole nitrogens is 1. The molecule has 1 heterocycles. The minimum atomic E-state index is -3.61. The zero-order valence-corrected chi connectivity index (χ0v) is 10.3. The second-order valence-electron chi connectivity index (χ2n) is 2.99.